The summed E-state index contributed by atoms with van der Waals surface area (Å²) in [6, 6.07) is 15.5. The van der Waals surface area contributed by atoms with Gasteiger partial charge in [0.1, 0.15) is 5.82 Å². The summed E-state index contributed by atoms with van der Waals surface area (Å²) in [5, 5.41) is 3.21. The minimum absolute atomic E-state index is 0.256. The van der Waals surface area contributed by atoms with Crippen molar-refractivity contribution in [2.24, 2.45) is 0 Å². The SMILES string of the molecule is Cc1cccnc1-c1ccc(C(=O)Nc2nc3ccc(F)cc3s2)cc1. The summed E-state index contributed by atoms with van der Waals surface area (Å²) in [5.41, 5.74) is 4.11. The van der Waals surface area contributed by atoms with Crippen LogP contribution in [-0.4, -0.2) is 15.9 Å². The smallest absolute Gasteiger partial charge is 0.257 e. The first-order chi connectivity index (χ1) is 12.6. The molecule has 128 valence electrons. The number of thiazole rings is 1. The first-order valence-electron chi connectivity index (χ1n) is 8.00. The lowest BCUT2D eigenvalue weighted by Gasteiger charge is -2.06. The molecule has 0 aliphatic carbocycles. The molecule has 0 aliphatic rings. The van der Waals surface area contributed by atoms with Gasteiger partial charge < -0.3 is 0 Å². The fraction of sp³-hybridized carbons (Fsp3) is 0.0500. The van der Waals surface area contributed by atoms with Crippen LogP contribution in [0.2, 0.25) is 0 Å². The summed E-state index contributed by atoms with van der Waals surface area (Å²) in [6.07, 6.45) is 1.75. The number of hydrogen-bond donors (Lipinski definition) is 1. The second kappa shape index (κ2) is 6.65. The van der Waals surface area contributed by atoms with Crippen LogP contribution in [0.3, 0.4) is 0 Å². The molecule has 4 nitrogen and oxygen atoms in total. The van der Waals surface area contributed by atoms with E-state index in [1.54, 1.807) is 24.4 Å². The standard InChI is InChI=1S/C20H14FN3OS/c1-12-3-2-10-22-18(12)13-4-6-14(7-5-13)19(25)24-20-23-16-9-8-15(21)11-17(16)26-20/h2-11H,1H3,(H,23,24,25). The lowest BCUT2D eigenvalue weighted by Crippen LogP contribution is -2.11. The molecule has 0 unspecified atom stereocenters. The molecular weight excluding hydrogens is 349 g/mol. The molecule has 4 rings (SSSR count). The molecule has 0 aliphatic heterocycles. The summed E-state index contributed by atoms with van der Waals surface area (Å²) >= 11 is 1.24. The molecule has 2 aromatic heterocycles. The summed E-state index contributed by atoms with van der Waals surface area (Å²) in [4.78, 5) is 21.1. The van der Waals surface area contributed by atoms with Gasteiger partial charge >= 0.3 is 0 Å². The van der Waals surface area contributed by atoms with Gasteiger partial charge in [0.05, 0.1) is 15.9 Å². The van der Waals surface area contributed by atoms with Crippen LogP contribution in [0, 0.1) is 12.7 Å². The number of pyridine rings is 1. The molecule has 0 spiro atoms. The number of aryl methyl sites for hydroxylation is 1. The monoisotopic (exact) mass is 363 g/mol. The van der Waals surface area contributed by atoms with Gasteiger partial charge in [-0.1, -0.05) is 29.5 Å². The molecule has 2 heterocycles. The number of nitrogens with zero attached hydrogens (tertiary/aromatic N) is 2. The van der Waals surface area contributed by atoms with Crippen molar-refractivity contribution in [2.75, 3.05) is 5.32 Å². The van der Waals surface area contributed by atoms with Gasteiger partial charge in [-0.25, -0.2) is 9.37 Å². The van der Waals surface area contributed by atoms with Crippen molar-refractivity contribution in [3.8, 4) is 11.3 Å². The van der Waals surface area contributed by atoms with E-state index in [1.807, 2.05) is 31.2 Å². The second-order valence-electron chi connectivity index (χ2n) is 5.83. The van der Waals surface area contributed by atoms with E-state index in [1.165, 1.54) is 23.5 Å². The number of aromatic nitrogens is 2. The fourth-order valence-electron chi connectivity index (χ4n) is 2.69. The first-order valence-corrected chi connectivity index (χ1v) is 8.81. The van der Waals surface area contributed by atoms with Crippen LogP contribution in [0.1, 0.15) is 15.9 Å². The van der Waals surface area contributed by atoms with Gasteiger partial charge in [0.25, 0.3) is 5.91 Å². The molecule has 0 saturated heterocycles. The van der Waals surface area contributed by atoms with Gasteiger partial charge in [-0.3, -0.25) is 15.1 Å². The van der Waals surface area contributed by atoms with Gasteiger partial charge in [-0.2, -0.15) is 0 Å². The van der Waals surface area contributed by atoms with Gasteiger partial charge in [0.15, 0.2) is 5.13 Å². The van der Waals surface area contributed by atoms with Gasteiger partial charge in [0, 0.05) is 17.3 Å². The maximum Gasteiger partial charge on any atom is 0.257 e. The molecule has 4 aromatic rings. The Bertz CT molecular complexity index is 1110. The van der Waals surface area contributed by atoms with Gasteiger partial charge in [-0.05, 0) is 48.9 Å². The van der Waals surface area contributed by atoms with Crippen LogP contribution in [-0.2, 0) is 0 Å². The highest BCUT2D eigenvalue weighted by Gasteiger charge is 2.11. The molecule has 0 radical (unpaired) electrons. The van der Waals surface area contributed by atoms with Crippen molar-refractivity contribution in [1.82, 2.24) is 9.97 Å². The number of halogens is 1. The van der Waals surface area contributed by atoms with E-state index in [0.29, 0.717) is 20.9 Å². The zero-order valence-electron chi connectivity index (χ0n) is 13.9. The zero-order chi connectivity index (χ0) is 18.1. The largest absolute Gasteiger partial charge is 0.298 e. The quantitative estimate of drug-likeness (QED) is 0.554. The molecule has 1 amide bonds. The number of nitrogens with one attached hydrogen (secondary N) is 1. The van der Waals surface area contributed by atoms with Crippen molar-refractivity contribution in [3.63, 3.8) is 0 Å². The number of carbonyl (C=O) groups excluding carboxylic acids is 1. The Hall–Kier alpha value is -3.12. The molecule has 0 atom stereocenters. The van der Waals surface area contributed by atoms with Crippen LogP contribution in [0.25, 0.3) is 21.5 Å². The number of rotatable bonds is 3. The van der Waals surface area contributed by atoms with Crippen molar-refractivity contribution in [2.45, 2.75) is 6.92 Å². The Labute approximate surface area is 153 Å². The molecule has 26 heavy (non-hydrogen) atoms. The molecule has 6 heteroatoms. The summed E-state index contributed by atoms with van der Waals surface area (Å²) in [7, 11) is 0. The predicted octanol–water partition coefficient (Wildman–Crippen LogP) is 5.06. The average molecular weight is 363 g/mol. The summed E-state index contributed by atoms with van der Waals surface area (Å²) in [6.45, 7) is 2.00. The molecule has 2 aromatic carbocycles. The average Bonchev–Trinajstić information content (AvgIpc) is 3.03. The number of hydrogen-bond acceptors (Lipinski definition) is 4. The maximum atomic E-state index is 13.3. The third-order valence-electron chi connectivity index (χ3n) is 4.00. The van der Waals surface area contributed by atoms with Crippen molar-refractivity contribution in [3.05, 3.63) is 77.7 Å². The summed E-state index contributed by atoms with van der Waals surface area (Å²) in [5.74, 6) is -0.576. The van der Waals surface area contributed by atoms with E-state index in [9.17, 15) is 9.18 Å². The van der Waals surface area contributed by atoms with E-state index in [2.05, 4.69) is 15.3 Å². The Morgan fingerprint density at radius 1 is 1.12 bits per heavy atom. The third kappa shape index (κ3) is 3.19. The van der Waals surface area contributed by atoms with E-state index in [4.69, 9.17) is 0 Å². The van der Waals surface area contributed by atoms with Crippen LogP contribution in [0.5, 0.6) is 0 Å². The van der Waals surface area contributed by atoms with Gasteiger partial charge in [-0.15, -0.1) is 0 Å². The van der Waals surface area contributed by atoms with Crippen molar-refractivity contribution in [1.29, 1.82) is 0 Å². The summed E-state index contributed by atoms with van der Waals surface area (Å²) < 4.78 is 14.0. The van der Waals surface area contributed by atoms with Gasteiger partial charge in [0.2, 0.25) is 0 Å². The lowest BCUT2D eigenvalue weighted by molar-refractivity contribution is 0.102. The number of benzene rings is 2. The highest BCUT2D eigenvalue weighted by molar-refractivity contribution is 7.22. The number of anilines is 1. The Kier molecular flexibility index (Phi) is 4.18. The Morgan fingerprint density at radius 2 is 1.92 bits per heavy atom. The predicted molar refractivity (Wildman–Crippen MR) is 102 cm³/mol. The fourth-order valence-corrected chi connectivity index (χ4v) is 3.57. The van der Waals surface area contributed by atoms with E-state index in [0.717, 1.165) is 16.8 Å². The van der Waals surface area contributed by atoms with Crippen molar-refractivity contribution < 1.29 is 9.18 Å². The Morgan fingerprint density at radius 3 is 2.69 bits per heavy atom. The maximum absolute atomic E-state index is 13.3. The minimum atomic E-state index is -0.320. The molecule has 0 fully saturated rings. The highest BCUT2D eigenvalue weighted by atomic mass is 32.1. The van der Waals surface area contributed by atoms with Crippen LogP contribution < -0.4 is 5.32 Å². The number of carbonyl (C=O) groups is 1. The van der Waals surface area contributed by atoms with E-state index < -0.39 is 0 Å². The lowest BCUT2D eigenvalue weighted by atomic mass is 10.0. The second-order valence-corrected chi connectivity index (χ2v) is 6.86. The first kappa shape index (κ1) is 16.4. The van der Waals surface area contributed by atoms with Crippen molar-refractivity contribution >= 4 is 32.6 Å². The van der Waals surface area contributed by atoms with E-state index >= 15 is 0 Å². The highest BCUT2D eigenvalue weighted by Crippen LogP contribution is 2.27. The topological polar surface area (TPSA) is 54.9 Å². The minimum Gasteiger partial charge on any atom is -0.298 e. The molecule has 0 saturated carbocycles. The van der Waals surface area contributed by atoms with Crippen LogP contribution >= 0.6 is 11.3 Å². The molecule has 0 bridgehead atoms. The Balaban J connectivity index is 1.55. The molecule has 1 N–H and O–H groups in total. The third-order valence-corrected chi connectivity index (χ3v) is 4.93. The van der Waals surface area contributed by atoms with Crippen LogP contribution in [0.15, 0.2) is 60.8 Å². The normalized spacial score (nSPS) is 10.8. The zero-order valence-corrected chi connectivity index (χ0v) is 14.7. The number of fused-ring (bicyclic) bond motifs is 1. The van der Waals surface area contributed by atoms with E-state index in [-0.39, 0.29) is 11.7 Å². The van der Waals surface area contributed by atoms with Crippen LogP contribution in [0.4, 0.5) is 9.52 Å². The molecular formula is C20H14FN3OS. The number of amides is 1.